The predicted molar refractivity (Wildman–Crippen MR) is 69.1 cm³/mol. The van der Waals surface area contributed by atoms with Crippen LogP contribution in [0.3, 0.4) is 0 Å². The van der Waals surface area contributed by atoms with Crippen molar-refractivity contribution in [2.45, 2.75) is 19.9 Å². The Bertz CT molecular complexity index is 497. The second-order valence-electron chi connectivity index (χ2n) is 4.15. The van der Waals surface area contributed by atoms with Gasteiger partial charge in [-0.2, -0.15) is 0 Å². The minimum atomic E-state index is 0.187. The molecule has 0 aliphatic rings. The van der Waals surface area contributed by atoms with E-state index < -0.39 is 0 Å². The summed E-state index contributed by atoms with van der Waals surface area (Å²) in [4.78, 5) is 4.10. The van der Waals surface area contributed by atoms with Crippen molar-refractivity contribution in [3.63, 3.8) is 0 Å². The molecule has 0 saturated heterocycles. The van der Waals surface area contributed by atoms with Crippen LogP contribution in [0.2, 0.25) is 0 Å². The SMILES string of the molecule is Cc1cc(O)ccc1NC(C)c1cccnc1. The zero-order valence-electron chi connectivity index (χ0n) is 10.0. The van der Waals surface area contributed by atoms with Crippen molar-refractivity contribution in [1.29, 1.82) is 0 Å². The first-order chi connectivity index (χ1) is 8.16. The number of phenols is 1. The van der Waals surface area contributed by atoms with Gasteiger partial charge < -0.3 is 10.4 Å². The highest BCUT2D eigenvalue weighted by Crippen LogP contribution is 2.24. The van der Waals surface area contributed by atoms with Crippen LogP contribution in [0, 0.1) is 6.92 Å². The molecule has 2 aromatic rings. The maximum atomic E-state index is 9.35. The van der Waals surface area contributed by atoms with Gasteiger partial charge >= 0.3 is 0 Å². The molecule has 0 aliphatic heterocycles. The number of anilines is 1. The smallest absolute Gasteiger partial charge is 0.115 e. The van der Waals surface area contributed by atoms with Crippen molar-refractivity contribution in [3.05, 3.63) is 53.9 Å². The summed E-state index contributed by atoms with van der Waals surface area (Å²) in [6.07, 6.45) is 3.62. The number of aromatic nitrogens is 1. The summed E-state index contributed by atoms with van der Waals surface area (Å²) < 4.78 is 0. The Labute approximate surface area is 101 Å². The van der Waals surface area contributed by atoms with E-state index in [0.717, 1.165) is 16.8 Å². The zero-order chi connectivity index (χ0) is 12.3. The Hall–Kier alpha value is -2.03. The molecule has 2 N–H and O–H groups in total. The van der Waals surface area contributed by atoms with E-state index >= 15 is 0 Å². The van der Waals surface area contributed by atoms with Crippen molar-refractivity contribution in [1.82, 2.24) is 4.98 Å². The number of pyridine rings is 1. The van der Waals surface area contributed by atoms with Gasteiger partial charge in [-0.15, -0.1) is 0 Å². The van der Waals surface area contributed by atoms with Crippen LogP contribution in [-0.2, 0) is 0 Å². The average molecular weight is 228 g/mol. The lowest BCUT2D eigenvalue weighted by Crippen LogP contribution is -2.07. The Kier molecular flexibility index (Phi) is 3.28. The van der Waals surface area contributed by atoms with E-state index in [4.69, 9.17) is 0 Å². The van der Waals surface area contributed by atoms with Crippen LogP contribution in [0.5, 0.6) is 5.75 Å². The third-order valence-electron chi connectivity index (χ3n) is 2.77. The molecule has 0 radical (unpaired) electrons. The average Bonchev–Trinajstić information content (AvgIpc) is 2.34. The lowest BCUT2D eigenvalue weighted by atomic mass is 10.1. The van der Waals surface area contributed by atoms with Gasteiger partial charge in [-0.05, 0) is 49.2 Å². The van der Waals surface area contributed by atoms with Gasteiger partial charge in [0.1, 0.15) is 5.75 Å². The van der Waals surface area contributed by atoms with Gasteiger partial charge in [0.15, 0.2) is 0 Å². The predicted octanol–water partition coefficient (Wildman–Crippen LogP) is 3.27. The fourth-order valence-corrected chi connectivity index (χ4v) is 1.76. The second-order valence-corrected chi connectivity index (χ2v) is 4.15. The number of benzene rings is 1. The normalized spacial score (nSPS) is 12.1. The number of aromatic hydroxyl groups is 1. The van der Waals surface area contributed by atoms with Crippen LogP contribution >= 0.6 is 0 Å². The molecule has 0 bridgehead atoms. The molecular weight excluding hydrogens is 212 g/mol. The van der Waals surface area contributed by atoms with Crippen molar-refractivity contribution < 1.29 is 5.11 Å². The standard InChI is InChI=1S/C14H16N2O/c1-10-8-13(17)5-6-14(10)16-11(2)12-4-3-7-15-9-12/h3-9,11,16-17H,1-2H3. The molecule has 0 saturated carbocycles. The van der Waals surface area contributed by atoms with Crippen LogP contribution in [0.25, 0.3) is 0 Å². The zero-order valence-corrected chi connectivity index (χ0v) is 10.0. The maximum Gasteiger partial charge on any atom is 0.115 e. The molecular formula is C14H16N2O. The van der Waals surface area contributed by atoms with Crippen molar-refractivity contribution >= 4 is 5.69 Å². The van der Waals surface area contributed by atoms with E-state index in [-0.39, 0.29) is 6.04 Å². The van der Waals surface area contributed by atoms with E-state index in [0.29, 0.717) is 5.75 Å². The molecule has 0 fully saturated rings. The molecule has 1 heterocycles. The molecule has 0 spiro atoms. The van der Waals surface area contributed by atoms with Crippen LogP contribution in [-0.4, -0.2) is 10.1 Å². The highest BCUT2D eigenvalue weighted by atomic mass is 16.3. The number of hydrogen-bond donors (Lipinski definition) is 2. The first-order valence-electron chi connectivity index (χ1n) is 5.63. The summed E-state index contributed by atoms with van der Waals surface area (Å²) in [6, 6.07) is 9.48. The Balaban J connectivity index is 2.16. The molecule has 3 heteroatoms. The summed E-state index contributed by atoms with van der Waals surface area (Å²) in [5.74, 6) is 0.294. The number of rotatable bonds is 3. The maximum absolute atomic E-state index is 9.35. The Morgan fingerprint density at radius 2 is 2.12 bits per heavy atom. The lowest BCUT2D eigenvalue weighted by molar-refractivity contribution is 0.475. The van der Waals surface area contributed by atoms with Crippen molar-refractivity contribution in [3.8, 4) is 5.75 Å². The molecule has 1 aromatic carbocycles. The van der Waals surface area contributed by atoms with E-state index in [9.17, 15) is 5.11 Å². The third-order valence-corrected chi connectivity index (χ3v) is 2.77. The quantitative estimate of drug-likeness (QED) is 0.792. The van der Waals surface area contributed by atoms with Gasteiger partial charge in [-0.3, -0.25) is 4.98 Å². The van der Waals surface area contributed by atoms with E-state index in [1.54, 1.807) is 18.3 Å². The minimum absolute atomic E-state index is 0.187. The number of aryl methyl sites for hydroxylation is 1. The number of phenolic OH excluding ortho intramolecular Hbond substituents is 1. The van der Waals surface area contributed by atoms with E-state index in [1.807, 2.05) is 31.3 Å². The van der Waals surface area contributed by atoms with E-state index in [1.165, 1.54) is 0 Å². The van der Waals surface area contributed by atoms with Crippen molar-refractivity contribution in [2.24, 2.45) is 0 Å². The fourth-order valence-electron chi connectivity index (χ4n) is 1.76. The molecule has 3 nitrogen and oxygen atoms in total. The van der Waals surface area contributed by atoms with Gasteiger partial charge in [0.25, 0.3) is 0 Å². The highest BCUT2D eigenvalue weighted by molar-refractivity contribution is 5.54. The van der Waals surface area contributed by atoms with Gasteiger partial charge in [0, 0.05) is 18.1 Å². The lowest BCUT2D eigenvalue weighted by Gasteiger charge is -2.17. The van der Waals surface area contributed by atoms with Gasteiger partial charge in [-0.1, -0.05) is 6.07 Å². The molecule has 1 aromatic heterocycles. The largest absolute Gasteiger partial charge is 0.508 e. The fraction of sp³-hybridized carbons (Fsp3) is 0.214. The molecule has 17 heavy (non-hydrogen) atoms. The van der Waals surface area contributed by atoms with Crippen LogP contribution in [0.15, 0.2) is 42.7 Å². The minimum Gasteiger partial charge on any atom is -0.508 e. The summed E-state index contributed by atoms with van der Waals surface area (Å²) in [5.41, 5.74) is 3.19. The molecule has 1 unspecified atom stereocenters. The summed E-state index contributed by atoms with van der Waals surface area (Å²) in [6.45, 7) is 4.06. The number of nitrogens with zero attached hydrogens (tertiary/aromatic N) is 1. The van der Waals surface area contributed by atoms with Gasteiger partial charge in [0.2, 0.25) is 0 Å². The topological polar surface area (TPSA) is 45.1 Å². The van der Waals surface area contributed by atoms with Crippen molar-refractivity contribution in [2.75, 3.05) is 5.32 Å². The highest BCUT2D eigenvalue weighted by Gasteiger charge is 2.06. The van der Waals surface area contributed by atoms with Crippen LogP contribution in [0.1, 0.15) is 24.1 Å². The van der Waals surface area contributed by atoms with Gasteiger partial charge in [0.05, 0.1) is 6.04 Å². The Morgan fingerprint density at radius 1 is 1.29 bits per heavy atom. The molecule has 0 amide bonds. The van der Waals surface area contributed by atoms with Gasteiger partial charge in [-0.25, -0.2) is 0 Å². The first-order valence-corrected chi connectivity index (χ1v) is 5.63. The number of nitrogens with one attached hydrogen (secondary N) is 1. The molecule has 2 rings (SSSR count). The molecule has 1 atom stereocenters. The Morgan fingerprint density at radius 3 is 2.76 bits per heavy atom. The van der Waals surface area contributed by atoms with Crippen LogP contribution < -0.4 is 5.32 Å². The first kappa shape index (κ1) is 11.5. The molecule has 88 valence electrons. The summed E-state index contributed by atoms with van der Waals surface area (Å²) in [7, 11) is 0. The van der Waals surface area contributed by atoms with Crippen LogP contribution in [0.4, 0.5) is 5.69 Å². The molecule has 0 aliphatic carbocycles. The number of hydrogen-bond acceptors (Lipinski definition) is 3. The monoisotopic (exact) mass is 228 g/mol. The van der Waals surface area contributed by atoms with E-state index in [2.05, 4.69) is 17.2 Å². The summed E-state index contributed by atoms with van der Waals surface area (Å²) >= 11 is 0. The third kappa shape index (κ3) is 2.75. The summed E-state index contributed by atoms with van der Waals surface area (Å²) in [5, 5.41) is 12.8. The second kappa shape index (κ2) is 4.87.